The first-order valence-electron chi connectivity index (χ1n) is 14.9. The van der Waals surface area contributed by atoms with Gasteiger partial charge in [-0.05, 0) is 67.8 Å². The maximum Gasteiger partial charge on any atom is 0.280 e. The third-order valence-corrected chi connectivity index (χ3v) is 8.96. The van der Waals surface area contributed by atoms with E-state index in [2.05, 4.69) is 27.4 Å². The minimum Gasteiger partial charge on any atom is -0.497 e. The van der Waals surface area contributed by atoms with Crippen LogP contribution in [0, 0.1) is 5.92 Å². The van der Waals surface area contributed by atoms with E-state index in [0.29, 0.717) is 37.3 Å². The molecule has 0 radical (unpaired) electrons. The van der Waals surface area contributed by atoms with E-state index in [4.69, 9.17) is 4.74 Å². The Bertz CT molecular complexity index is 1630. The van der Waals surface area contributed by atoms with Crippen LogP contribution < -0.4 is 20.5 Å². The average molecular weight is 583 g/mol. The molecule has 4 heterocycles. The summed E-state index contributed by atoms with van der Waals surface area (Å²) >= 11 is 0. The number of methoxy groups -OCH3 is 1. The molecule has 6 rings (SSSR count). The molecule has 2 atom stereocenters. The van der Waals surface area contributed by atoms with Crippen molar-refractivity contribution >= 4 is 28.4 Å². The standard InChI is InChI=1S/C33H38N6O4/c1-37(24-8-10-25(43-2)11-9-24)29-13-12-28-30(36-29)32(41)39(22-35-28)21-33(42)15-18-38(19-16-33)31(40)26-14-17-34-20-27(26)23-6-4-3-5-7-23/h3-13,22,26-27,34,42H,14-21H2,1-2H3/t26-,27+/m1/s1. The van der Waals surface area contributed by atoms with Crippen LogP contribution >= 0.6 is 0 Å². The molecular weight excluding hydrogens is 544 g/mol. The summed E-state index contributed by atoms with van der Waals surface area (Å²) < 4.78 is 6.70. The minimum absolute atomic E-state index is 0.0848. The number of ether oxygens (including phenoxy) is 1. The molecule has 2 aliphatic rings. The number of nitrogens with zero attached hydrogens (tertiary/aromatic N) is 5. The van der Waals surface area contributed by atoms with E-state index in [1.807, 2.05) is 65.4 Å². The molecule has 2 N–H and O–H groups in total. The summed E-state index contributed by atoms with van der Waals surface area (Å²) in [6.07, 6.45) is 3.05. The largest absolute Gasteiger partial charge is 0.497 e. The van der Waals surface area contributed by atoms with Gasteiger partial charge in [0.25, 0.3) is 5.56 Å². The van der Waals surface area contributed by atoms with Crippen LogP contribution in [0.4, 0.5) is 11.5 Å². The third kappa shape index (κ3) is 5.98. The predicted molar refractivity (Wildman–Crippen MR) is 166 cm³/mol. The van der Waals surface area contributed by atoms with E-state index in [1.54, 1.807) is 13.2 Å². The number of benzene rings is 2. The number of likely N-dealkylation sites (tertiary alicyclic amines) is 1. The number of pyridine rings is 1. The topological polar surface area (TPSA) is 113 Å². The monoisotopic (exact) mass is 582 g/mol. The van der Waals surface area contributed by atoms with Crippen molar-refractivity contribution in [3.63, 3.8) is 0 Å². The maximum atomic E-state index is 13.7. The number of carbonyl (C=O) groups is 1. The van der Waals surface area contributed by atoms with Gasteiger partial charge in [0.05, 0.1) is 31.1 Å². The van der Waals surface area contributed by atoms with Gasteiger partial charge in [-0.25, -0.2) is 9.97 Å². The summed E-state index contributed by atoms with van der Waals surface area (Å²) in [7, 11) is 3.51. The first-order valence-corrected chi connectivity index (χ1v) is 14.9. The normalized spacial score (nSPS) is 20.1. The Balaban J connectivity index is 1.15. The lowest BCUT2D eigenvalue weighted by Crippen LogP contribution is -2.52. The number of amides is 1. The molecule has 43 heavy (non-hydrogen) atoms. The van der Waals surface area contributed by atoms with Crippen molar-refractivity contribution in [1.29, 1.82) is 0 Å². The van der Waals surface area contributed by atoms with E-state index in [9.17, 15) is 14.7 Å². The molecule has 4 aromatic rings. The van der Waals surface area contributed by atoms with Crippen LogP contribution in [0.15, 0.2) is 77.9 Å². The smallest absolute Gasteiger partial charge is 0.280 e. The number of hydrogen-bond donors (Lipinski definition) is 2. The van der Waals surface area contributed by atoms with Gasteiger partial charge in [-0.3, -0.25) is 14.2 Å². The van der Waals surface area contributed by atoms with Crippen LogP contribution in [0.1, 0.15) is 30.7 Å². The van der Waals surface area contributed by atoms with Crippen molar-refractivity contribution in [2.24, 2.45) is 5.92 Å². The van der Waals surface area contributed by atoms with Crippen molar-refractivity contribution in [1.82, 2.24) is 24.8 Å². The van der Waals surface area contributed by atoms with Crippen LogP contribution in [0.3, 0.4) is 0 Å². The van der Waals surface area contributed by atoms with Crippen molar-refractivity contribution < 1.29 is 14.6 Å². The van der Waals surface area contributed by atoms with E-state index in [0.717, 1.165) is 30.9 Å². The highest BCUT2D eigenvalue weighted by Crippen LogP contribution is 2.33. The van der Waals surface area contributed by atoms with E-state index < -0.39 is 5.60 Å². The molecule has 10 nitrogen and oxygen atoms in total. The van der Waals surface area contributed by atoms with Gasteiger partial charge in [-0.1, -0.05) is 30.3 Å². The van der Waals surface area contributed by atoms with E-state index in [1.165, 1.54) is 16.5 Å². The molecule has 0 aliphatic carbocycles. The lowest BCUT2D eigenvalue weighted by atomic mass is 9.80. The number of aliphatic hydroxyl groups is 1. The average Bonchev–Trinajstić information content (AvgIpc) is 3.06. The number of anilines is 2. The van der Waals surface area contributed by atoms with Crippen LogP contribution in [0.25, 0.3) is 11.0 Å². The molecule has 2 aromatic heterocycles. The van der Waals surface area contributed by atoms with Crippen LogP contribution in [-0.4, -0.2) is 76.4 Å². The zero-order chi connectivity index (χ0) is 30.0. The number of carbonyl (C=O) groups excluding carboxylic acids is 1. The summed E-state index contributed by atoms with van der Waals surface area (Å²) in [5, 5.41) is 15.0. The molecule has 2 aromatic carbocycles. The Labute approximate surface area is 250 Å². The molecule has 0 spiro atoms. The molecule has 2 saturated heterocycles. The fraction of sp³-hybridized carbons (Fsp3) is 0.394. The number of hydrogen-bond acceptors (Lipinski definition) is 8. The maximum absolute atomic E-state index is 13.7. The fourth-order valence-corrected chi connectivity index (χ4v) is 6.32. The molecule has 2 aliphatic heterocycles. The minimum atomic E-state index is -1.12. The van der Waals surface area contributed by atoms with Crippen molar-refractivity contribution in [3.8, 4) is 5.75 Å². The summed E-state index contributed by atoms with van der Waals surface area (Å²) in [6, 6.07) is 21.4. The Morgan fingerprint density at radius 2 is 1.84 bits per heavy atom. The van der Waals surface area contributed by atoms with Crippen LogP contribution in [0.5, 0.6) is 5.75 Å². The Kier molecular flexibility index (Phi) is 8.14. The van der Waals surface area contributed by atoms with Gasteiger partial charge in [0.15, 0.2) is 5.52 Å². The highest BCUT2D eigenvalue weighted by atomic mass is 16.5. The van der Waals surface area contributed by atoms with Crippen molar-refractivity contribution in [2.75, 3.05) is 45.2 Å². The quantitative estimate of drug-likeness (QED) is 0.341. The zero-order valence-electron chi connectivity index (χ0n) is 24.6. The lowest BCUT2D eigenvalue weighted by Gasteiger charge is -2.41. The highest BCUT2D eigenvalue weighted by molar-refractivity contribution is 5.80. The summed E-state index contributed by atoms with van der Waals surface area (Å²) in [5.74, 6) is 1.56. The second-order valence-electron chi connectivity index (χ2n) is 11.6. The number of aromatic nitrogens is 3. The van der Waals surface area contributed by atoms with Crippen LogP contribution in [0.2, 0.25) is 0 Å². The number of rotatable bonds is 7. The van der Waals surface area contributed by atoms with E-state index >= 15 is 0 Å². The first-order chi connectivity index (χ1) is 20.8. The molecule has 0 bridgehead atoms. The van der Waals surface area contributed by atoms with Crippen LogP contribution in [-0.2, 0) is 11.3 Å². The Morgan fingerprint density at radius 3 is 2.56 bits per heavy atom. The highest BCUT2D eigenvalue weighted by Gasteiger charge is 2.39. The molecule has 10 heteroatoms. The summed E-state index contributed by atoms with van der Waals surface area (Å²) in [6.45, 7) is 2.59. The summed E-state index contributed by atoms with van der Waals surface area (Å²) in [5.41, 5.74) is 1.39. The Morgan fingerprint density at radius 1 is 1.09 bits per heavy atom. The van der Waals surface area contributed by atoms with Gasteiger partial charge in [0, 0.05) is 44.2 Å². The molecule has 0 unspecified atom stereocenters. The number of fused-ring (bicyclic) bond motifs is 1. The second-order valence-corrected chi connectivity index (χ2v) is 11.6. The predicted octanol–water partition coefficient (Wildman–Crippen LogP) is 3.31. The molecule has 2 fully saturated rings. The first kappa shape index (κ1) is 28.8. The van der Waals surface area contributed by atoms with Gasteiger partial charge in [0.2, 0.25) is 5.91 Å². The fourth-order valence-electron chi connectivity index (χ4n) is 6.32. The van der Waals surface area contributed by atoms with Gasteiger partial charge in [-0.2, -0.15) is 0 Å². The second kappa shape index (κ2) is 12.1. The number of nitrogens with one attached hydrogen (secondary N) is 1. The zero-order valence-corrected chi connectivity index (χ0v) is 24.6. The van der Waals surface area contributed by atoms with Crippen molar-refractivity contribution in [2.45, 2.75) is 37.3 Å². The molecule has 1 amide bonds. The van der Waals surface area contributed by atoms with Crippen molar-refractivity contribution in [3.05, 3.63) is 89.0 Å². The van der Waals surface area contributed by atoms with Gasteiger partial charge in [-0.15, -0.1) is 0 Å². The molecule has 224 valence electrons. The van der Waals surface area contributed by atoms with Gasteiger partial charge in [0.1, 0.15) is 11.6 Å². The third-order valence-electron chi connectivity index (χ3n) is 8.96. The Hall–Kier alpha value is -4.28. The van der Waals surface area contributed by atoms with Gasteiger partial charge < -0.3 is 25.0 Å². The SMILES string of the molecule is COc1ccc(N(C)c2ccc3ncn(CC4(O)CCN(C(=O)[C@@H]5CCNC[C@H]5c5ccccc5)CC4)c(=O)c3n2)cc1. The van der Waals surface area contributed by atoms with Gasteiger partial charge >= 0.3 is 0 Å². The number of piperidine rings is 2. The van der Waals surface area contributed by atoms with E-state index in [-0.39, 0.29) is 35.4 Å². The summed E-state index contributed by atoms with van der Waals surface area (Å²) in [4.78, 5) is 40.1. The molecule has 0 saturated carbocycles. The molecular formula is C33H38N6O4. The lowest BCUT2D eigenvalue weighted by molar-refractivity contribution is -0.141.